The van der Waals surface area contributed by atoms with E-state index in [1.807, 2.05) is 0 Å². The summed E-state index contributed by atoms with van der Waals surface area (Å²) in [6.45, 7) is -1.05. The second kappa shape index (κ2) is 22.9. The molecule has 4 aliphatic rings. The fraction of sp³-hybridized carbons (Fsp3) is 0.811. The van der Waals surface area contributed by atoms with Gasteiger partial charge in [-0.15, -0.1) is 0 Å². The van der Waals surface area contributed by atoms with E-state index in [1.54, 1.807) is 30.3 Å². The van der Waals surface area contributed by atoms with Crippen LogP contribution in [0.1, 0.15) is 26.2 Å². The van der Waals surface area contributed by atoms with Crippen molar-refractivity contribution in [3.63, 3.8) is 0 Å². The Kier molecular flexibility index (Phi) is 18.6. The van der Waals surface area contributed by atoms with E-state index in [9.17, 15) is 61.0 Å². The average molecular weight is 869 g/mol. The van der Waals surface area contributed by atoms with E-state index in [0.717, 1.165) is 19.8 Å². The van der Waals surface area contributed by atoms with E-state index >= 15 is 0 Å². The summed E-state index contributed by atoms with van der Waals surface area (Å²) >= 11 is 0. The Labute approximate surface area is 345 Å². The largest absolute Gasteiger partial charge is 0.491 e. The number of carbonyl (C=O) groups is 1. The van der Waals surface area contributed by atoms with E-state index in [0.29, 0.717) is 18.7 Å². The third-order valence-electron chi connectivity index (χ3n) is 10.7. The van der Waals surface area contributed by atoms with Gasteiger partial charge < -0.3 is 110 Å². The van der Waals surface area contributed by atoms with Gasteiger partial charge in [-0.25, -0.2) is 0 Å². The zero-order valence-corrected chi connectivity index (χ0v) is 32.9. The Balaban J connectivity index is 1.30. The Hall–Kier alpha value is -2.31. The van der Waals surface area contributed by atoms with Crippen molar-refractivity contribution < 1.29 is 104 Å². The van der Waals surface area contributed by atoms with Crippen molar-refractivity contribution in [3.8, 4) is 5.75 Å². The number of ether oxygens (including phenoxy) is 9. The number of hydrogen-bond donors (Lipinski definition) is 13. The molecule has 23 nitrogen and oxygen atoms in total. The van der Waals surface area contributed by atoms with Gasteiger partial charge in [0.15, 0.2) is 25.2 Å². The van der Waals surface area contributed by atoms with Crippen molar-refractivity contribution in [3.05, 3.63) is 30.3 Å². The summed E-state index contributed by atoms with van der Waals surface area (Å²) in [6.07, 6.45) is -29.9. The molecule has 0 aliphatic carbocycles. The van der Waals surface area contributed by atoms with Crippen molar-refractivity contribution >= 4 is 5.91 Å². The molecular weight excluding hydrogens is 808 g/mol. The van der Waals surface area contributed by atoms with Gasteiger partial charge in [-0.05, 0) is 37.9 Å². The van der Waals surface area contributed by atoms with E-state index in [1.165, 1.54) is 0 Å². The van der Waals surface area contributed by atoms with Crippen LogP contribution in [0.2, 0.25) is 0 Å². The highest BCUT2D eigenvalue weighted by atomic mass is 16.8. The van der Waals surface area contributed by atoms with Crippen molar-refractivity contribution in [2.24, 2.45) is 5.73 Å². The van der Waals surface area contributed by atoms with Crippen LogP contribution >= 0.6 is 0 Å². The summed E-state index contributed by atoms with van der Waals surface area (Å²) in [5.41, 5.74) is 5.55. The van der Waals surface area contributed by atoms with Gasteiger partial charge in [0.05, 0.1) is 19.8 Å². The molecule has 0 radical (unpaired) electrons. The zero-order chi connectivity index (χ0) is 43.7. The highest BCUT2D eigenvalue weighted by Gasteiger charge is 2.55. The van der Waals surface area contributed by atoms with Crippen molar-refractivity contribution in [2.75, 3.05) is 39.6 Å². The number of rotatable bonds is 19. The van der Waals surface area contributed by atoms with Crippen LogP contribution in [0.25, 0.3) is 0 Å². The van der Waals surface area contributed by atoms with Crippen molar-refractivity contribution in [1.82, 2.24) is 5.32 Å². The van der Waals surface area contributed by atoms with Gasteiger partial charge in [0.2, 0.25) is 5.91 Å². The van der Waals surface area contributed by atoms with Gasteiger partial charge in [-0.1, -0.05) is 18.2 Å². The predicted molar refractivity (Wildman–Crippen MR) is 197 cm³/mol. The summed E-state index contributed by atoms with van der Waals surface area (Å²) in [7, 11) is 0. The molecule has 1 amide bonds. The van der Waals surface area contributed by atoms with Gasteiger partial charge in [0, 0.05) is 13.5 Å². The Morgan fingerprint density at radius 1 is 0.600 bits per heavy atom. The maximum absolute atomic E-state index is 11.9. The van der Waals surface area contributed by atoms with Gasteiger partial charge in [0.1, 0.15) is 110 Å². The van der Waals surface area contributed by atoms with Crippen molar-refractivity contribution in [2.45, 2.75) is 149 Å². The summed E-state index contributed by atoms with van der Waals surface area (Å²) in [5, 5.41) is 121. The fourth-order valence-electron chi connectivity index (χ4n) is 7.37. The number of nitrogens with one attached hydrogen (secondary N) is 1. The molecule has 4 heterocycles. The lowest BCUT2D eigenvalue weighted by molar-refractivity contribution is -0.386. The van der Waals surface area contributed by atoms with Gasteiger partial charge >= 0.3 is 0 Å². The van der Waals surface area contributed by atoms with Gasteiger partial charge in [0.25, 0.3) is 0 Å². The quantitative estimate of drug-likeness (QED) is 0.0575. The van der Waals surface area contributed by atoms with Gasteiger partial charge in [-0.2, -0.15) is 0 Å². The highest BCUT2D eigenvalue weighted by Crippen LogP contribution is 2.35. The van der Waals surface area contributed by atoms with Crippen LogP contribution in [-0.4, -0.2) is 224 Å². The first-order valence-electron chi connectivity index (χ1n) is 19.9. The molecule has 0 bridgehead atoms. The fourth-order valence-corrected chi connectivity index (χ4v) is 7.37. The number of amides is 1. The molecule has 5 rings (SSSR count). The van der Waals surface area contributed by atoms with Crippen LogP contribution in [0.15, 0.2) is 30.3 Å². The number of hydrogen-bond acceptors (Lipinski definition) is 22. The summed E-state index contributed by atoms with van der Waals surface area (Å²) in [4.78, 5) is 11.9. The number of aliphatic hydroxyl groups is 11. The molecule has 0 aromatic heterocycles. The molecule has 23 heteroatoms. The van der Waals surface area contributed by atoms with Crippen molar-refractivity contribution in [1.29, 1.82) is 0 Å². The third-order valence-corrected chi connectivity index (χ3v) is 10.7. The Morgan fingerprint density at radius 3 is 1.75 bits per heavy atom. The number of nitrogens with two attached hydrogens (primary N) is 1. The molecule has 4 aliphatic heterocycles. The van der Waals surface area contributed by atoms with E-state index in [4.69, 9.17) is 48.4 Å². The SMILES string of the molecule is CC(=O)N[C@H]1C(O)[C@@H](O)C(CO)O[C@H]1O[C@@H]1C(O)[C@@H](O[C@H]2C(CO)O[C@@H](O[C@@H]3C(COc4ccccc4)O[C@@H](OCCCCCN)[C@@H](O)C3O)[C@@H](O)C2O)OC(CO)[C@@H]1O. The smallest absolute Gasteiger partial charge is 0.217 e. The Bertz CT molecular complexity index is 1420. The first-order valence-corrected chi connectivity index (χ1v) is 19.9. The summed E-state index contributed by atoms with van der Waals surface area (Å²) in [6, 6.07) is 7.09. The molecule has 4 saturated heterocycles. The molecule has 4 fully saturated rings. The minimum Gasteiger partial charge on any atom is -0.491 e. The maximum atomic E-state index is 11.9. The lowest BCUT2D eigenvalue weighted by Gasteiger charge is -2.49. The second-order valence-corrected chi connectivity index (χ2v) is 15.0. The van der Waals surface area contributed by atoms with E-state index in [2.05, 4.69) is 5.32 Å². The first kappa shape index (κ1) is 48.7. The van der Waals surface area contributed by atoms with E-state index < -0.39 is 148 Å². The molecule has 1 aromatic rings. The zero-order valence-electron chi connectivity index (χ0n) is 32.9. The normalized spacial score (nSPS) is 42.4. The minimum atomic E-state index is -2.02. The Morgan fingerprint density at radius 2 is 1.13 bits per heavy atom. The highest BCUT2D eigenvalue weighted by molar-refractivity contribution is 5.73. The summed E-state index contributed by atoms with van der Waals surface area (Å²) in [5.74, 6) is -0.249. The number of para-hydroxylation sites is 1. The number of unbranched alkanes of at least 4 members (excludes halogenated alkanes) is 2. The lowest BCUT2D eigenvalue weighted by atomic mass is 9.95. The third kappa shape index (κ3) is 11.6. The van der Waals surface area contributed by atoms with Crippen LogP contribution in [0.4, 0.5) is 0 Å². The van der Waals surface area contributed by atoms with Gasteiger partial charge in [-0.3, -0.25) is 4.79 Å². The number of carbonyl (C=O) groups excluding carboxylic acids is 1. The number of benzene rings is 1. The second-order valence-electron chi connectivity index (χ2n) is 15.0. The molecule has 0 saturated carbocycles. The molecule has 60 heavy (non-hydrogen) atoms. The molecule has 14 N–H and O–H groups in total. The van der Waals surface area contributed by atoms with E-state index in [-0.39, 0.29) is 13.2 Å². The minimum absolute atomic E-state index is 0.177. The van der Waals surface area contributed by atoms with Crippen LogP contribution in [-0.2, 0) is 42.7 Å². The molecule has 1 aromatic carbocycles. The lowest BCUT2D eigenvalue weighted by Crippen LogP contribution is -2.69. The maximum Gasteiger partial charge on any atom is 0.217 e. The molecule has 344 valence electrons. The topological polar surface area (TPSA) is 361 Å². The molecule has 20 atom stereocenters. The van der Waals surface area contributed by atoms with Crippen LogP contribution in [0, 0.1) is 0 Å². The monoisotopic (exact) mass is 868 g/mol. The summed E-state index contributed by atoms with van der Waals surface area (Å²) < 4.78 is 52.2. The van der Waals surface area contributed by atoms with Crippen LogP contribution in [0.3, 0.4) is 0 Å². The van der Waals surface area contributed by atoms with Crippen LogP contribution < -0.4 is 15.8 Å². The number of aliphatic hydroxyl groups excluding tert-OH is 11. The molecule has 8 unspecified atom stereocenters. The molecule has 0 spiro atoms. The predicted octanol–water partition coefficient (Wildman–Crippen LogP) is -6.37. The average Bonchev–Trinajstić information content (AvgIpc) is 3.24. The standard InChI is InChI=1S/C37H60N2O21/c1-16(43)39-22-25(46)23(44)18(12-40)54-34(22)60-33-24(45)19(13-41)55-37(30(33)51)58-31-20(14-42)56-36(29(50)27(31)48)59-32-21(15-53-17-8-4-2-5-9-17)57-35(28(49)26(32)47)52-11-7-3-6-10-38/h2,4-5,8-9,18-37,40-42,44-51H,3,6-7,10-15,38H2,1H3,(H,39,43)/t18?,19?,20?,21?,22-,23-,24-,25?,26?,27?,28-,29-,30?,31-,32+,33-,34-,35+,36-,37+/m0/s1. The van der Waals surface area contributed by atoms with Crippen LogP contribution in [0.5, 0.6) is 5.75 Å². The molecular formula is C37H60N2O21. The first-order chi connectivity index (χ1) is 28.7.